The molecule has 0 fully saturated rings. The predicted octanol–water partition coefficient (Wildman–Crippen LogP) is 2.84. The van der Waals surface area contributed by atoms with Gasteiger partial charge in [-0.1, -0.05) is 32.9 Å². The van der Waals surface area contributed by atoms with Crippen LogP contribution in [0.1, 0.15) is 26.3 Å². The monoisotopic (exact) mass is 323 g/mol. The third-order valence-electron chi connectivity index (χ3n) is 3.79. The molecular weight excluding hydrogens is 302 g/mol. The zero-order valence-electron chi connectivity index (χ0n) is 14.1. The first-order valence-corrected chi connectivity index (χ1v) is 7.84. The van der Waals surface area contributed by atoms with Gasteiger partial charge >= 0.3 is 0 Å². The second-order valence-electron chi connectivity index (χ2n) is 6.73. The lowest BCUT2D eigenvalue weighted by Crippen LogP contribution is -2.28. The van der Waals surface area contributed by atoms with Crippen molar-refractivity contribution < 1.29 is 4.79 Å². The van der Waals surface area contributed by atoms with Gasteiger partial charge < -0.3 is 11.1 Å². The minimum atomic E-state index is -0.477. The lowest BCUT2D eigenvalue weighted by molar-refractivity contribution is -0.123. The summed E-state index contributed by atoms with van der Waals surface area (Å²) in [7, 11) is 0. The van der Waals surface area contributed by atoms with Crippen LogP contribution in [0.3, 0.4) is 0 Å². The van der Waals surface area contributed by atoms with E-state index in [1.807, 2.05) is 57.3 Å². The first kappa shape index (κ1) is 16.1. The second-order valence-corrected chi connectivity index (χ2v) is 6.73. The van der Waals surface area contributed by atoms with Gasteiger partial charge in [0.2, 0.25) is 5.91 Å². The number of carbonyl (C=O) groups is 1. The van der Waals surface area contributed by atoms with Gasteiger partial charge in [0.05, 0.1) is 11.9 Å². The Hall–Kier alpha value is -2.73. The number of aromatic nitrogens is 3. The summed E-state index contributed by atoms with van der Waals surface area (Å²) in [6.45, 7) is 5.99. The summed E-state index contributed by atoms with van der Waals surface area (Å²) in [5.41, 5.74) is 9.41. The molecular formula is C18H21N5O. The number of anilines is 1. The fraction of sp³-hybridized carbons (Fsp3) is 0.278. The van der Waals surface area contributed by atoms with Gasteiger partial charge in [-0.2, -0.15) is 5.10 Å². The minimum absolute atomic E-state index is 0.0500. The highest BCUT2D eigenvalue weighted by atomic mass is 16.2. The molecule has 0 aliphatic carbocycles. The number of carbonyl (C=O) groups excluding carboxylic acids is 1. The summed E-state index contributed by atoms with van der Waals surface area (Å²) in [6.07, 6.45) is 3.58. The Morgan fingerprint density at radius 2 is 2.08 bits per heavy atom. The lowest BCUT2D eigenvalue weighted by atomic mass is 9.95. The summed E-state index contributed by atoms with van der Waals surface area (Å²) < 4.78 is 1.72. The quantitative estimate of drug-likeness (QED) is 0.776. The second kappa shape index (κ2) is 6.05. The Morgan fingerprint density at radius 1 is 1.29 bits per heavy atom. The zero-order valence-corrected chi connectivity index (χ0v) is 14.1. The van der Waals surface area contributed by atoms with Gasteiger partial charge in [0.25, 0.3) is 0 Å². The van der Waals surface area contributed by atoms with E-state index in [0.29, 0.717) is 6.54 Å². The molecule has 6 nitrogen and oxygen atoms in total. The van der Waals surface area contributed by atoms with E-state index in [9.17, 15) is 4.79 Å². The SMILES string of the molecule is CC(C)(C)C(=O)Nc1cc(-c2cn3ncccc3n2)ccc1CN. The summed E-state index contributed by atoms with van der Waals surface area (Å²) >= 11 is 0. The average Bonchev–Trinajstić information content (AvgIpc) is 2.98. The summed E-state index contributed by atoms with van der Waals surface area (Å²) in [5, 5.41) is 7.20. The first-order chi connectivity index (χ1) is 11.4. The van der Waals surface area contributed by atoms with Crippen LogP contribution in [0.25, 0.3) is 16.9 Å². The van der Waals surface area contributed by atoms with Crippen LogP contribution in [-0.4, -0.2) is 20.5 Å². The standard InChI is InChI=1S/C18H21N5O/c1-18(2,3)17(24)22-14-9-12(6-7-13(14)10-19)15-11-23-16(21-15)5-4-8-20-23/h4-9,11H,10,19H2,1-3H3,(H,22,24). The Bertz CT molecular complexity index is 859. The molecule has 0 aliphatic heterocycles. The highest BCUT2D eigenvalue weighted by Crippen LogP contribution is 2.27. The molecule has 0 unspecified atom stereocenters. The van der Waals surface area contributed by atoms with Crippen molar-refractivity contribution in [2.24, 2.45) is 11.1 Å². The maximum Gasteiger partial charge on any atom is 0.229 e. The van der Waals surface area contributed by atoms with Crippen LogP contribution in [0.4, 0.5) is 5.69 Å². The number of imidazole rings is 1. The van der Waals surface area contributed by atoms with Gasteiger partial charge in [0, 0.05) is 29.4 Å². The molecule has 0 spiro atoms. The van der Waals surface area contributed by atoms with Gasteiger partial charge in [-0.05, 0) is 23.8 Å². The summed E-state index contributed by atoms with van der Waals surface area (Å²) in [4.78, 5) is 16.9. The van der Waals surface area contributed by atoms with Crippen molar-refractivity contribution in [1.82, 2.24) is 14.6 Å². The Morgan fingerprint density at radius 3 is 2.75 bits per heavy atom. The normalized spacial score (nSPS) is 11.7. The molecule has 24 heavy (non-hydrogen) atoms. The predicted molar refractivity (Wildman–Crippen MR) is 94.4 cm³/mol. The lowest BCUT2D eigenvalue weighted by Gasteiger charge is -2.19. The molecule has 0 saturated heterocycles. The van der Waals surface area contributed by atoms with Crippen LogP contribution in [0.5, 0.6) is 0 Å². The third kappa shape index (κ3) is 3.14. The molecule has 3 rings (SSSR count). The minimum Gasteiger partial charge on any atom is -0.326 e. The molecule has 3 N–H and O–H groups in total. The highest BCUT2D eigenvalue weighted by molar-refractivity contribution is 5.95. The maximum absolute atomic E-state index is 12.3. The Labute approximate surface area is 140 Å². The largest absolute Gasteiger partial charge is 0.326 e. The molecule has 0 radical (unpaired) electrons. The van der Waals surface area contributed by atoms with E-state index < -0.39 is 5.41 Å². The van der Waals surface area contributed by atoms with Crippen LogP contribution in [0.2, 0.25) is 0 Å². The number of benzene rings is 1. The summed E-state index contributed by atoms with van der Waals surface area (Å²) in [5.74, 6) is -0.0500. The molecule has 0 atom stereocenters. The van der Waals surface area contributed by atoms with Crippen molar-refractivity contribution in [1.29, 1.82) is 0 Å². The fourth-order valence-corrected chi connectivity index (χ4v) is 2.31. The highest BCUT2D eigenvalue weighted by Gasteiger charge is 2.22. The van der Waals surface area contributed by atoms with Gasteiger partial charge in [-0.3, -0.25) is 4.79 Å². The third-order valence-corrected chi connectivity index (χ3v) is 3.79. The molecule has 0 bridgehead atoms. The number of hydrogen-bond acceptors (Lipinski definition) is 4. The van der Waals surface area contributed by atoms with E-state index in [-0.39, 0.29) is 5.91 Å². The molecule has 1 amide bonds. The smallest absolute Gasteiger partial charge is 0.229 e. The number of nitrogens with one attached hydrogen (secondary N) is 1. The van der Waals surface area contributed by atoms with Crippen molar-refractivity contribution >= 4 is 17.2 Å². The van der Waals surface area contributed by atoms with Gasteiger partial charge in [0.1, 0.15) is 0 Å². The van der Waals surface area contributed by atoms with Crippen LogP contribution in [-0.2, 0) is 11.3 Å². The van der Waals surface area contributed by atoms with Crippen molar-refractivity contribution in [3.8, 4) is 11.3 Å². The van der Waals surface area contributed by atoms with Crippen LogP contribution < -0.4 is 11.1 Å². The molecule has 0 saturated carbocycles. The molecule has 2 aromatic heterocycles. The zero-order chi connectivity index (χ0) is 17.3. The summed E-state index contributed by atoms with van der Waals surface area (Å²) in [6, 6.07) is 9.53. The van der Waals surface area contributed by atoms with Crippen molar-refractivity contribution in [3.63, 3.8) is 0 Å². The number of nitrogens with two attached hydrogens (primary N) is 1. The Kier molecular flexibility index (Phi) is 4.07. The van der Waals surface area contributed by atoms with Crippen molar-refractivity contribution in [3.05, 3.63) is 48.3 Å². The topological polar surface area (TPSA) is 85.3 Å². The van der Waals surface area contributed by atoms with E-state index in [0.717, 1.165) is 28.2 Å². The van der Waals surface area contributed by atoms with E-state index in [2.05, 4.69) is 15.4 Å². The molecule has 2 heterocycles. The van der Waals surface area contributed by atoms with E-state index in [4.69, 9.17) is 5.73 Å². The average molecular weight is 323 g/mol. The maximum atomic E-state index is 12.3. The Balaban J connectivity index is 2.00. The van der Waals surface area contributed by atoms with E-state index in [1.54, 1.807) is 10.7 Å². The van der Waals surface area contributed by atoms with E-state index in [1.165, 1.54) is 0 Å². The number of rotatable bonds is 3. The molecule has 1 aromatic carbocycles. The molecule has 3 aromatic rings. The first-order valence-electron chi connectivity index (χ1n) is 7.84. The van der Waals surface area contributed by atoms with Gasteiger partial charge in [0.15, 0.2) is 5.65 Å². The van der Waals surface area contributed by atoms with Gasteiger partial charge in [-0.25, -0.2) is 9.50 Å². The van der Waals surface area contributed by atoms with Crippen LogP contribution >= 0.6 is 0 Å². The fourth-order valence-electron chi connectivity index (χ4n) is 2.31. The number of hydrogen-bond donors (Lipinski definition) is 2. The molecule has 124 valence electrons. The number of amides is 1. The van der Waals surface area contributed by atoms with E-state index >= 15 is 0 Å². The number of nitrogens with zero attached hydrogens (tertiary/aromatic N) is 3. The number of fused-ring (bicyclic) bond motifs is 1. The van der Waals surface area contributed by atoms with Crippen LogP contribution in [0.15, 0.2) is 42.7 Å². The van der Waals surface area contributed by atoms with Crippen molar-refractivity contribution in [2.75, 3.05) is 5.32 Å². The van der Waals surface area contributed by atoms with Crippen molar-refractivity contribution in [2.45, 2.75) is 27.3 Å². The molecule has 0 aliphatic rings. The van der Waals surface area contributed by atoms with Gasteiger partial charge in [-0.15, -0.1) is 0 Å². The van der Waals surface area contributed by atoms with Crippen LogP contribution in [0, 0.1) is 5.41 Å². The molecule has 6 heteroatoms.